The van der Waals surface area contributed by atoms with E-state index < -0.39 is 41.6 Å². The van der Waals surface area contributed by atoms with Crippen LogP contribution in [-0.2, 0) is 10.2 Å². The van der Waals surface area contributed by atoms with E-state index in [1.54, 1.807) is 6.07 Å². The van der Waals surface area contributed by atoms with Crippen molar-refractivity contribution in [3.63, 3.8) is 0 Å². The van der Waals surface area contributed by atoms with Gasteiger partial charge in [0, 0.05) is 16.4 Å². The Morgan fingerprint density at radius 1 is 1.33 bits per heavy atom. The Labute approximate surface area is 159 Å². The van der Waals surface area contributed by atoms with E-state index in [0.29, 0.717) is 10.0 Å². The highest BCUT2D eigenvalue weighted by Gasteiger charge is 2.61. The molecule has 1 aromatic heterocycles. The fourth-order valence-corrected chi connectivity index (χ4v) is 3.81. The quantitative estimate of drug-likeness (QED) is 0.795. The highest BCUT2D eigenvalue weighted by molar-refractivity contribution is 9.10. The molecule has 10 heteroatoms. The second-order valence-corrected chi connectivity index (χ2v) is 7.49. The van der Waals surface area contributed by atoms with Crippen LogP contribution < -0.4 is 5.32 Å². The number of alkyl halides is 1. The van der Waals surface area contributed by atoms with Gasteiger partial charge in [-0.1, -0.05) is 15.9 Å². The van der Waals surface area contributed by atoms with Gasteiger partial charge in [-0.3, -0.25) is 14.9 Å². The number of nitrogens with one attached hydrogen (secondary N) is 1. The van der Waals surface area contributed by atoms with Crippen LogP contribution >= 0.6 is 15.9 Å². The first-order chi connectivity index (χ1) is 12.8. The third-order valence-corrected chi connectivity index (χ3v) is 5.21. The number of rotatable bonds is 3. The van der Waals surface area contributed by atoms with E-state index in [1.165, 1.54) is 0 Å². The molecule has 140 valence electrons. The number of hydrogen-bond donors (Lipinski definition) is 1. The van der Waals surface area contributed by atoms with Crippen LogP contribution in [0.15, 0.2) is 29.0 Å². The number of benzene rings is 1. The zero-order valence-electron chi connectivity index (χ0n) is 13.7. The van der Waals surface area contributed by atoms with Crippen molar-refractivity contribution in [2.45, 2.75) is 18.0 Å². The summed E-state index contributed by atoms with van der Waals surface area (Å²) in [6.45, 7) is -0.462. The lowest BCUT2D eigenvalue weighted by atomic mass is 9.86. The third kappa shape index (κ3) is 3.07. The molecule has 2 heterocycles. The lowest BCUT2D eigenvalue weighted by Crippen LogP contribution is -2.48. The van der Waals surface area contributed by atoms with Crippen molar-refractivity contribution >= 4 is 33.7 Å². The van der Waals surface area contributed by atoms with Gasteiger partial charge in [0.15, 0.2) is 5.82 Å². The first-order valence-corrected chi connectivity index (χ1v) is 8.80. The van der Waals surface area contributed by atoms with Gasteiger partial charge in [0.2, 0.25) is 11.9 Å². The van der Waals surface area contributed by atoms with Gasteiger partial charge in [0.25, 0.3) is 5.91 Å². The van der Waals surface area contributed by atoms with Crippen molar-refractivity contribution in [3.8, 4) is 0 Å². The summed E-state index contributed by atoms with van der Waals surface area (Å²) >= 11 is 3.17. The van der Waals surface area contributed by atoms with E-state index in [4.69, 9.17) is 0 Å². The highest BCUT2D eigenvalue weighted by Crippen LogP contribution is 2.55. The Morgan fingerprint density at radius 3 is 2.63 bits per heavy atom. The SMILES string of the molecule is O=C(CN1C[C@]2(C[C@@H]2F)c2cc(Br)cc(F)c2C1=O)Nc1ncc(F)cn1. The number of anilines is 1. The zero-order chi connectivity index (χ0) is 19.3. The normalized spacial score (nSPS) is 23.3. The van der Waals surface area contributed by atoms with Crippen LogP contribution in [0.2, 0.25) is 0 Å². The topological polar surface area (TPSA) is 75.2 Å². The molecule has 1 saturated carbocycles. The Bertz CT molecular complexity index is 956. The predicted octanol–water partition coefficient (Wildman–Crippen LogP) is 2.59. The largest absolute Gasteiger partial charge is 0.328 e. The molecule has 6 nitrogen and oxygen atoms in total. The van der Waals surface area contributed by atoms with Crippen LogP contribution in [-0.4, -0.2) is 45.9 Å². The van der Waals surface area contributed by atoms with Crippen molar-refractivity contribution in [3.05, 3.63) is 51.8 Å². The maximum absolute atomic E-state index is 14.4. The number of aromatic nitrogens is 2. The molecule has 1 aromatic carbocycles. The number of fused-ring (bicyclic) bond motifs is 2. The van der Waals surface area contributed by atoms with E-state index in [1.807, 2.05) is 0 Å². The summed E-state index contributed by atoms with van der Waals surface area (Å²) in [5.41, 5.74) is -0.888. The summed E-state index contributed by atoms with van der Waals surface area (Å²) in [6, 6.07) is 2.69. The van der Waals surface area contributed by atoms with Crippen molar-refractivity contribution in [2.75, 3.05) is 18.4 Å². The minimum atomic E-state index is -1.22. The summed E-state index contributed by atoms with van der Waals surface area (Å²) in [7, 11) is 0. The molecule has 0 radical (unpaired) electrons. The van der Waals surface area contributed by atoms with Gasteiger partial charge in [0.05, 0.1) is 18.0 Å². The molecule has 0 unspecified atom stereocenters. The second-order valence-electron chi connectivity index (χ2n) is 6.57. The number of nitrogens with zero attached hydrogens (tertiary/aromatic N) is 3. The number of carbonyl (C=O) groups excluding carboxylic acids is 2. The fraction of sp³-hybridized carbons (Fsp3) is 0.294. The average molecular weight is 441 g/mol. The molecule has 2 aromatic rings. The molecule has 0 saturated heterocycles. The minimum Gasteiger partial charge on any atom is -0.328 e. The molecule has 4 rings (SSSR count). The van der Waals surface area contributed by atoms with Gasteiger partial charge in [-0.05, 0) is 24.1 Å². The zero-order valence-corrected chi connectivity index (χ0v) is 15.3. The Balaban J connectivity index is 1.58. The molecule has 2 amide bonds. The molecule has 27 heavy (non-hydrogen) atoms. The van der Waals surface area contributed by atoms with Crippen LogP contribution in [0.1, 0.15) is 22.3 Å². The number of halogens is 4. The number of carbonyl (C=O) groups is 2. The Hall–Kier alpha value is -2.49. The van der Waals surface area contributed by atoms with Gasteiger partial charge >= 0.3 is 0 Å². The second kappa shape index (κ2) is 6.29. The maximum atomic E-state index is 14.4. The van der Waals surface area contributed by atoms with Crippen LogP contribution in [0.4, 0.5) is 19.1 Å². The molecule has 1 aliphatic carbocycles. The van der Waals surface area contributed by atoms with E-state index in [0.717, 1.165) is 23.4 Å². The lowest BCUT2D eigenvalue weighted by molar-refractivity contribution is -0.117. The van der Waals surface area contributed by atoms with Crippen LogP contribution in [0.5, 0.6) is 0 Å². The molecule has 2 aliphatic rings. The van der Waals surface area contributed by atoms with Gasteiger partial charge in [-0.25, -0.2) is 23.1 Å². The first kappa shape index (κ1) is 17.9. The molecular weight excluding hydrogens is 429 g/mol. The molecular formula is C17H12BrF3N4O2. The minimum absolute atomic E-state index is 0.0341. The van der Waals surface area contributed by atoms with E-state index in [9.17, 15) is 22.8 Å². The molecule has 2 atom stereocenters. The van der Waals surface area contributed by atoms with Crippen LogP contribution in [0.25, 0.3) is 0 Å². The molecule has 1 N–H and O–H groups in total. The summed E-state index contributed by atoms with van der Waals surface area (Å²) in [4.78, 5) is 33.2. The Kier molecular flexibility index (Phi) is 4.17. The van der Waals surface area contributed by atoms with Crippen LogP contribution in [0, 0.1) is 11.6 Å². The third-order valence-electron chi connectivity index (χ3n) is 4.75. The summed E-state index contributed by atoms with van der Waals surface area (Å²) in [5.74, 6) is -2.90. The highest BCUT2D eigenvalue weighted by atomic mass is 79.9. The smallest absolute Gasteiger partial charge is 0.257 e. The van der Waals surface area contributed by atoms with E-state index in [-0.39, 0.29) is 24.5 Å². The predicted molar refractivity (Wildman–Crippen MR) is 91.8 cm³/mol. The monoisotopic (exact) mass is 440 g/mol. The van der Waals surface area contributed by atoms with Crippen LogP contribution in [0.3, 0.4) is 0 Å². The first-order valence-electron chi connectivity index (χ1n) is 8.00. The fourth-order valence-electron chi connectivity index (χ4n) is 3.38. The maximum Gasteiger partial charge on any atom is 0.257 e. The van der Waals surface area contributed by atoms with Crippen molar-refractivity contribution < 1.29 is 22.8 Å². The lowest BCUT2D eigenvalue weighted by Gasteiger charge is -2.34. The average Bonchev–Trinajstić information content (AvgIpc) is 3.24. The number of hydrogen-bond acceptors (Lipinski definition) is 4. The standard InChI is InChI=1S/C17H12BrF3N4O2/c18-8-1-10-14(11(20)2-8)15(27)25(7-17(10)3-12(17)21)6-13(26)24-16-22-4-9(19)5-23-16/h1-2,4-5,12H,3,6-7H2,(H,22,23,24,26)/t12-,17+/m0/s1. The summed E-state index contributed by atoms with van der Waals surface area (Å²) < 4.78 is 41.8. The number of amides is 2. The van der Waals surface area contributed by atoms with E-state index in [2.05, 4.69) is 31.2 Å². The van der Waals surface area contributed by atoms with Gasteiger partial charge in [-0.2, -0.15) is 0 Å². The molecule has 1 fully saturated rings. The van der Waals surface area contributed by atoms with Crippen molar-refractivity contribution in [1.82, 2.24) is 14.9 Å². The van der Waals surface area contributed by atoms with Gasteiger partial charge < -0.3 is 4.90 Å². The van der Waals surface area contributed by atoms with Gasteiger partial charge in [-0.15, -0.1) is 0 Å². The van der Waals surface area contributed by atoms with Crippen molar-refractivity contribution in [1.29, 1.82) is 0 Å². The van der Waals surface area contributed by atoms with Gasteiger partial charge in [0.1, 0.15) is 18.5 Å². The van der Waals surface area contributed by atoms with E-state index >= 15 is 0 Å². The molecule has 0 bridgehead atoms. The summed E-state index contributed by atoms with van der Waals surface area (Å²) in [6.07, 6.45) is 0.697. The Morgan fingerprint density at radius 2 is 2.00 bits per heavy atom. The molecule has 1 spiro atoms. The molecule has 1 aliphatic heterocycles. The summed E-state index contributed by atoms with van der Waals surface area (Å²) in [5, 5.41) is 2.33. The van der Waals surface area contributed by atoms with Crippen molar-refractivity contribution in [2.24, 2.45) is 0 Å².